The maximum absolute atomic E-state index is 9.80. The van der Waals surface area contributed by atoms with Gasteiger partial charge in [-0.2, -0.15) is 5.26 Å². The Kier molecular flexibility index (Phi) is 5.08. The molecular formula is C16H14ClNOS. The highest BCUT2D eigenvalue weighted by molar-refractivity contribution is 7.98. The topological polar surface area (TPSA) is 44.0 Å². The molecule has 0 radical (unpaired) electrons. The van der Waals surface area contributed by atoms with Gasteiger partial charge in [-0.25, -0.2) is 0 Å². The predicted octanol–water partition coefficient (Wildman–Crippen LogP) is 4.56. The second-order valence-electron chi connectivity index (χ2n) is 4.42. The van der Waals surface area contributed by atoms with Crippen LogP contribution in [-0.4, -0.2) is 5.11 Å². The number of nitrogens with zero attached hydrogens (tertiary/aromatic N) is 1. The SMILES string of the molecule is C[C@@H](O)c1ccc(C#N)cc1SCc1ccccc1Cl. The molecule has 0 aliphatic carbocycles. The van der Waals surface area contributed by atoms with Crippen molar-refractivity contribution in [3.63, 3.8) is 0 Å². The maximum Gasteiger partial charge on any atom is 0.0992 e. The highest BCUT2D eigenvalue weighted by Crippen LogP contribution is 2.32. The molecule has 2 aromatic rings. The first-order chi connectivity index (χ1) is 9.61. The van der Waals surface area contributed by atoms with Crippen LogP contribution in [-0.2, 0) is 5.75 Å². The number of benzene rings is 2. The van der Waals surface area contributed by atoms with Crippen LogP contribution < -0.4 is 0 Å². The van der Waals surface area contributed by atoms with E-state index < -0.39 is 6.10 Å². The molecular weight excluding hydrogens is 290 g/mol. The number of halogens is 1. The minimum absolute atomic E-state index is 0.559. The van der Waals surface area contributed by atoms with E-state index in [1.165, 1.54) is 0 Å². The quantitative estimate of drug-likeness (QED) is 0.842. The lowest BCUT2D eigenvalue weighted by atomic mass is 10.1. The lowest BCUT2D eigenvalue weighted by molar-refractivity contribution is 0.196. The van der Waals surface area contributed by atoms with Crippen molar-refractivity contribution in [2.75, 3.05) is 0 Å². The molecule has 0 saturated heterocycles. The van der Waals surface area contributed by atoms with Gasteiger partial charge < -0.3 is 5.11 Å². The van der Waals surface area contributed by atoms with Crippen LogP contribution in [0, 0.1) is 11.3 Å². The first-order valence-electron chi connectivity index (χ1n) is 6.20. The van der Waals surface area contributed by atoms with Crippen molar-refractivity contribution < 1.29 is 5.11 Å². The maximum atomic E-state index is 9.80. The van der Waals surface area contributed by atoms with Gasteiger partial charge in [0.15, 0.2) is 0 Å². The first-order valence-corrected chi connectivity index (χ1v) is 7.56. The normalized spacial score (nSPS) is 11.9. The van der Waals surface area contributed by atoms with Gasteiger partial charge in [0.25, 0.3) is 0 Å². The van der Waals surface area contributed by atoms with Gasteiger partial charge in [-0.3, -0.25) is 0 Å². The molecule has 0 saturated carbocycles. The summed E-state index contributed by atoms with van der Waals surface area (Å²) in [5, 5.41) is 19.5. The van der Waals surface area contributed by atoms with Crippen molar-refractivity contribution in [1.29, 1.82) is 5.26 Å². The summed E-state index contributed by atoms with van der Waals surface area (Å²) in [4.78, 5) is 0.916. The lowest BCUT2D eigenvalue weighted by Crippen LogP contribution is -1.95. The minimum atomic E-state index is -0.559. The Hall–Kier alpha value is -1.47. The number of aliphatic hydroxyl groups is 1. The second kappa shape index (κ2) is 6.81. The molecule has 2 rings (SSSR count). The molecule has 0 heterocycles. The van der Waals surface area contributed by atoms with Crippen molar-refractivity contribution in [1.82, 2.24) is 0 Å². The summed E-state index contributed by atoms with van der Waals surface area (Å²) in [6, 6.07) is 15.1. The molecule has 2 aromatic carbocycles. The molecule has 0 spiro atoms. The Labute approximate surface area is 128 Å². The highest BCUT2D eigenvalue weighted by Gasteiger charge is 2.10. The summed E-state index contributed by atoms with van der Waals surface area (Å²) in [6.07, 6.45) is -0.559. The number of nitriles is 1. The third-order valence-corrected chi connectivity index (χ3v) is 4.42. The van der Waals surface area contributed by atoms with Crippen LogP contribution in [0.15, 0.2) is 47.4 Å². The Morgan fingerprint density at radius 2 is 2.05 bits per heavy atom. The van der Waals surface area contributed by atoms with Crippen LogP contribution in [0.25, 0.3) is 0 Å². The number of thioether (sulfide) groups is 1. The summed E-state index contributed by atoms with van der Waals surface area (Å²) in [5.41, 5.74) is 2.47. The van der Waals surface area contributed by atoms with Crippen molar-refractivity contribution in [2.24, 2.45) is 0 Å². The Balaban J connectivity index is 2.24. The molecule has 4 heteroatoms. The molecule has 1 atom stereocenters. The molecule has 1 N–H and O–H groups in total. The molecule has 0 fully saturated rings. The van der Waals surface area contributed by atoms with E-state index in [2.05, 4.69) is 6.07 Å². The van der Waals surface area contributed by atoms with E-state index in [0.29, 0.717) is 11.3 Å². The van der Waals surface area contributed by atoms with Gasteiger partial charge in [0.1, 0.15) is 0 Å². The van der Waals surface area contributed by atoms with E-state index in [0.717, 1.165) is 21.0 Å². The second-order valence-corrected chi connectivity index (χ2v) is 5.84. The number of aliphatic hydroxyl groups excluding tert-OH is 1. The Bertz CT molecular complexity index is 649. The summed E-state index contributed by atoms with van der Waals surface area (Å²) in [7, 11) is 0. The minimum Gasteiger partial charge on any atom is -0.389 e. The monoisotopic (exact) mass is 303 g/mol. The fourth-order valence-electron chi connectivity index (χ4n) is 1.85. The molecule has 0 unspecified atom stereocenters. The van der Waals surface area contributed by atoms with Crippen LogP contribution >= 0.6 is 23.4 Å². The predicted molar refractivity (Wildman–Crippen MR) is 82.8 cm³/mol. The molecule has 0 aliphatic rings. The first kappa shape index (κ1) is 14.9. The van der Waals surface area contributed by atoms with Crippen LogP contribution in [0.1, 0.15) is 29.7 Å². The van der Waals surface area contributed by atoms with Crippen molar-refractivity contribution >= 4 is 23.4 Å². The van der Waals surface area contributed by atoms with E-state index in [4.69, 9.17) is 16.9 Å². The smallest absolute Gasteiger partial charge is 0.0992 e. The molecule has 20 heavy (non-hydrogen) atoms. The van der Waals surface area contributed by atoms with E-state index in [1.54, 1.807) is 30.8 Å². The van der Waals surface area contributed by atoms with E-state index in [-0.39, 0.29) is 0 Å². The summed E-state index contributed by atoms with van der Waals surface area (Å²) in [6.45, 7) is 1.72. The number of rotatable bonds is 4. The van der Waals surface area contributed by atoms with Crippen LogP contribution in [0.2, 0.25) is 5.02 Å². The summed E-state index contributed by atoms with van der Waals surface area (Å²) in [5.74, 6) is 0.703. The highest BCUT2D eigenvalue weighted by atomic mass is 35.5. The van der Waals surface area contributed by atoms with E-state index >= 15 is 0 Å². The van der Waals surface area contributed by atoms with Gasteiger partial charge >= 0.3 is 0 Å². The standard InChI is InChI=1S/C16H14ClNOS/c1-11(19)14-7-6-12(9-18)8-16(14)20-10-13-4-2-3-5-15(13)17/h2-8,11,19H,10H2,1H3/t11-/m1/s1. The van der Waals surface area contributed by atoms with Gasteiger partial charge in [-0.15, -0.1) is 11.8 Å². The summed E-state index contributed by atoms with van der Waals surface area (Å²) >= 11 is 7.71. The van der Waals surface area contributed by atoms with Crippen LogP contribution in [0.3, 0.4) is 0 Å². The van der Waals surface area contributed by atoms with E-state index in [9.17, 15) is 5.11 Å². The lowest BCUT2D eigenvalue weighted by Gasteiger charge is -2.12. The van der Waals surface area contributed by atoms with Gasteiger partial charge in [-0.05, 0) is 36.2 Å². The average molecular weight is 304 g/mol. The largest absolute Gasteiger partial charge is 0.389 e. The fraction of sp³-hybridized carbons (Fsp3) is 0.188. The summed E-state index contributed by atoms with van der Waals surface area (Å²) < 4.78 is 0. The zero-order chi connectivity index (χ0) is 14.5. The van der Waals surface area contributed by atoms with Crippen molar-refractivity contribution in [3.05, 3.63) is 64.2 Å². The van der Waals surface area contributed by atoms with Crippen LogP contribution in [0.5, 0.6) is 0 Å². The third-order valence-electron chi connectivity index (χ3n) is 2.93. The zero-order valence-electron chi connectivity index (χ0n) is 11.0. The molecule has 0 bridgehead atoms. The molecule has 2 nitrogen and oxygen atoms in total. The van der Waals surface area contributed by atoms with Crippen molar-refractivity contribution in [2.45, 2.75) is 23.7 Å². The van der Waals surface area contributed by atoms with Gasteiger partial charge in [0.05, 0.1) is 17.7 Å². The Morgan fingerprint density at radius 3 is 2.70 bits per heavy atom. The van der Waals surface area contributed by atoms with Crippen LogP contribution in [0.4, 0.5) is 0 Å². The van der Waals surface area contributed by atoms with Gasteiger partial charge in [-0.1, -0.05) is 35.9 Å². The Morgan fingerprint density at radius 1 is 1.30 bits per heavy atom. The third kappa shape index (κ3) is 3.55. The molecule has 0 aromatic heterocycles. The fourth-order valence-corrected chi connectivity index (χ4v) is 3.31. The number of hydrogen-bond acceptors (Lipinski definition) is 3. The van der Waals surface area contributed by atoms with Gasteiger partial charge in [0, 0.05) is 15.7 Å². The molecule has 0 amide bonds. The molecule has 0 aliphatic heterocycles. The average Bonchev–Trinajstić information content (AvgIpc) is 2.46. The number of hydrogen-bond donors (Lipinski definition) is 1. The van der Waals surface area contributed by atoms with E-state index in [1.807, 2.05) is 30.3 Å². The molecule has 102 valence electrons. The van der Waals surface area contributed by atoms with Gasteiger partial charge in [0.2, 0.25) is 0 Å². The zero-order valence-corrected chi connectivity index (χ0v) is 12.6. The van der Waals surface area contributed by atoms with Crippen molar-refractivity contribution in [3.8, 4) is 6.07 Å².